The van der Waals surface area contributed by atoms with Crippen LogP contribution in [0.4, 0.5) is 11.5 Å². The fraction of sp³-hybridized carbons (Fsp3) is 0.0769. The molecule has 2 N–H and O–H groups in total. The van der Waals surface area contributed by atoms with Crippen LogP contribution in [0.1, 0.15) is 0 Å². The molecule has 0 aliphatic heterocycles. The van der Waals surface area contributed by atoms with Crippen molar-refractivity contribution in [2.45, 2.75) is 0 Å². The summed E-state index contributed by atoms with van der Waals surface area (Å²) in [5, 5.41) is 6.53. The zero-order valence-corrected chi connectivity index (χ0v) is 12.6. The van der Waals surface area contributed by atoms with Gasteiger partial charge in [0.25, 0.3) is 0 Å². The van der Waals surface area contributed by atoms with E-state index in [1.54, 1.807) is 13.3 Å². The molecule has 0 atom stereocenters. The summed E-state index contributed by atoms with van der Waals surface area (Å²) in [7, 11) is 1.62. The maximum atomic E-state index is 5.24. The van der Waals surface area contributed by atoms with Crippen LogP contribution in [-0.2, 0) is 0 Å². The Kier molecular flexibility index (Phi) is 4.70. The second-order valence-electron chi connectivity index (χ2n) is 3.64. The zero-order chi connectivity index (χ0) is 13.7. The smallest absolute Gasteiger partial charge is 0.176 e. The third kappa shape index (κ3) is 3.90. The molecule has 0 spiro atoms. The molecule has 0 bridgehead atoms. The Morgan fingerprint density at radius 3 is 2.68 bits per heavy atom. The van der Waals surface area contributed by atoms with Crippen LogP contribution in [0.2, 0.25) is 0 Å². The van der Waals surface area contributed by atoms with Gasteiger partial charge < -0.3 is 15.4 Å². The minimum Gasteiger partial charge on any atom is -0.495 e. The molecule has 1 aromatic carbocycles. The standard InChI is InChI=1S/C13H12BrN3OS/c1-18-11-5-3-2-4-10(11)16-13(19)17-12-7-6-9(14)8-15-12/h2-8H,1H3,(H2,15,16,17,19). The molecule has 0 aliphatic rings. The molecule has 0 saturated heterocycles. The number of anilines is 2. The van der Waals surface area contributed by atoms with Gasteiger partial charge in [-0.25, -0.2) is 4.98 Å². The van der Waals surface area contributed by atoms with Crippen molar-refractivity contribution < 1.29 is 4.74 Å². The minimum atomic E-state index is 0.458. The second-order valence-corrected chi connectivity index (χ2v) is 4.96. The summed E-state index contributed by atoms with van der Waals surface area (Å²) in [5.74, 6) is 1.41. The van der Waals surface area contributed by atoms with Crippen LogP contribution >= 0.6 is 28.1 Å². The maximum absolute atomic E-state index is 5.24. The Balaban J connectivity index is 2.03. The van der Waals surface area contributed by atoms with Crippen LogP contribution < -0.4 is 15.4 Å². The number of hydrogen-bond donors (Lipinski definition) is 2. The Morgan fingerprint density at radius 1 is 1.21 bits per heavy atom. The lowest BCUT2D eigenvalue weighted by molar-refractivity contribution is 0.417. The van der Waals surface area contributed by atoms with E-state index in [1.807, 2.05) is 36.4 Å². The number of ether oxygens (including phenoxy) is 1. The number of para-hydroxylation sites is 2. The number of rotatable bonds is 3. The van der Waals surface area contributed by atoms with Gasteiger partial charge in [-0.1, -0.05) is 12.1 Å². The summed E-state index contributed by atoms with van der Waals surface area (Å²) in [5.41, 5.74) is 0.805. The fourth-order valence-corrected chi connectivity index (χ4v) is 1.92. The highest BCUT2D eigenvalue weighted by atomic mass is 79.9. The molecule has 98 valence electrons. The van der Waals surface area contributed by atoms with Crippen LogP contribution in [-0.4, -0.2) is 17.2 Å². The van der Waals surface area contributed by atoms with Gasteiger partial charge in [0.1, 0.15) is 11.6 Å². The van der Waals surface area contributed by atoms with E-state index >= 15 is 0 Å². The molecule has 0 fully saturated rings. The molecule has 1 heterocycles. The summed E-state index contributed by atoms with van der Waals surface area (Å²) >= 11 is 8.56. The van der Waals surface area contributed by atoms with Crippen molar-refractivity contribution in [2.75, 3.05) is 17.7 Å². The quantitative estimate of drug-likeness (QED) is 0.837. The molecule has 0 radical (unpaired) electrons. The summed E-state index contributed by atoms with van der Waals surface area (Å²) < 4.78 is 6.16. The molecular weight excluding hydrogens is 326 g/mol. The third-order valence-corrected chi connectivity index (χ3v) is 3.00. The van der Waals surface area contributed by atoms with Gasteiger partial charge in [0, 0.05) is 10.7 Å². The summed E-state index contributed by atoms with van der Waals surface area (Å²) in [6, 6.07) is 11.3. The SMILES string of the molecule is COc1ccccc1NC(=S)Nc1ccc(Br)cn1. The van der Waals surface area contributed by atoms with Crippen molar-refractivity contribution in [3.63, 3.8) is 0 Å². The minimum absolute atomic E-state index is 0.458. The van der Waals surface area contributed by atoms with E-state index in [1.165, 1.54) is 0 Å². The zero-order valence-electron chi connectivity index (χ0n) is 10.2. The van der Waals surface area contributed by atoms with Crippen molar-refractivity contribution >= 4 is 44.8 Å². The van der Waals surface area contributed by atoms with E-state index in [-0.39, 0.29) is 0 Å². The van der Waals surface area contributed by atoms with Gasteiger partial charge in [-0.2, -0.15) is 0 Å². The predicted molar refractivity (Wildman–Crippen MR) is 84.8 cm³/mol. The van der Waals surface area contributed by atoms with Crippen LogP contribution in [0.3, 0.4) is 0 Å². The van der Waals surface area contributed by atoms with Crippen LogP contribution in [0.25, 0.3) is 0 Å². The lowest BCUT2D eigenvalue weighted by Gasteiger charge is -2.12. The highest BCUT2D eigenvalue weighted by molar-refractivity contribution is 9.10. The molecule has 0 amide bonds. The van der Waals surface area contributed by atoms with Gasteiger partial charge >= 0.3 is 0 Å². The average molecular weight is 338 g/mol. The van der Waals surface area contributed by atoms with Gasteiger partial charge in [0.15, 0.2) is 5.11 Å². The molecule has 6 heteroatoms. The van der Waals surface area contributed by atoms with Gasteiger partial charge in [-0.05, 0) is 52.4 Å². The largest absolute Gasteiger partial charge is 0.495 e. The van der Waals surface area contributed by atoms with E-state index in [2.05, 4.69) is 31.5 Å². The van der Waals surface area contributed by atoms with Crippen molar-refractivity contribution in [1.29, 1.82) is 0 Å². The molecular formula is C13H12BrN3OS. The van der Waals surface area contributed by atoms with Crippen LogP contribution in [0, 0.1) is 0 Å². The van der Waals surface area contributed by atoms with Crippen molar-refractivity contribution in [3.05, 3.63) is 47.1 Å². The lowest BCUT2D eigenvalue weighted by Crippen LogP contribution is -2.20. The number of aromatic nitrogens is 1. The first-order chi connectivity index (χ1) is 9.19. The topological polar surface area (TPSA) is 46.2 Å². The first kappa shape index (κ1) is 13.8. The Morgan fingerprint density at radius 2 is 2.00 bits per heavy atom. The molecule has 4 nitrogen and oxygen atoms in total. The highest BCUT2D eigenvalue weighted by Gasteiger charge is 2.04. The number of thiocarbonyl (C=S) groups is 1. The van der Waals surface area contributed by atoms with Gasteiger partial charge in [-0.15, -0.1) is 0 Å². The number of pyridine rings is 1. The molecule has 0 aliphatic carbocycles. The lowest BCUT2D eigenvalue weighted by atomic mass is 10.3. The monoisotopic (exact) mass is 337 g/mol. The van der Waals surface area contributed by atoms with Gasteiger partial charge in [0.2, 0.25) is 0 Å². The van der Waals surface area contributed by atoms with Gasteiger partial charge in [-0.3, -0.25) is 0 Å². The van der Waals surface area contributed by atoms with Crippen molar-refractivity contribution in [3.8, 4) is 5.75 Å². The summed E-state index contributed by atoms with van der Waals surface area (Å²) in [6.45, 7) is 0. The Hall–Kier alpha value is -1.66. The summed E-state index contributed by atoms with van der Waals surface area (Å²) in [4.78, 5) is 4.19. The average Bonchev–Trinajstić information content (AvgIpc) is 2.42. The molecule has 2 rings (SSSR count). The molecule has 19 heavy (non-hydrogen) atoms. The number of halogens is 1. The number of hydrogen-bond acceptors (Lipinski definition) is 3. The number of benzene rings is 1. The van der Waals surface area contributed by atoms with Crippen LogP contribution in [0.15, 0.2) is 47.1 Å². The van der Waals surface area contributed by atoms with E-state index < -0.39 is 0 Å². The molecule has 2 aromatic rings. The first-order valence-corrected chi connectivity index (χ1v) is 6.72. The van der Waals surface area contributed by atoms with Crippen molar-refractivity contribution in [1.82, 2.24) is 4.98 Å². The Bertz CT molecular complexity index is 574. The molecule has 1 aromatic heterocycles. The predicted octanol–water partition coefficient (Wildman–Crippen LogP) is 3.66. The molecule has 0 saturated carbocycles. The summed E-state index contributed by atoms with van der Waals surface area (Å²) in [6.07, 6.45) is 1.70. The molecule has 0 unspecified atom stereocenters. The maximum Gasteiger partial charge on any atom is 0.176 e. The fourth-order valence-electron chi connectivity index (χ4n) is 1.47. The van der Waals surface area contributed by atoms with Gasteiger partial charge in [0.05, 0.1) is 12.8 Å². The Labute approximate surface area is 125 Å². The highest BCUT2D eigenvalue weighted by Crippen LogP contribution is 2.23. The first-order valence-electron chi connectivity index (χ1n) is 5.51. The van der Waals surface area contributed by atoms with Crippen molar-refractivity contribution in [2.24, 2.45) is 0 Å². The van der Waals surface area contributed by atoms with E-state index in [4.69, 9.17) is 17.0 Å². The number of nitrogens with zero attached hydrogens (tertiary/aromatic N) is 1. The van der Waals surface area contributed by atoms with E-state index in [9.17, 15) is 0 Å². The normalized spacial score (nSPS) is 9.79. The van der Waals surface area contributed by atoms with E-state index in [0.29, 0.717) is 10.9 Å². The second kappa shape index (κ2) is 6.49. The van der Waals surface area contributed by atoms with E-state index in [0.717, 1.165) is 15.9 Å². The number of nitrogens with one attached hydrogen (secondary N) is 2. The van der Waals surface area contributed by atoms with Crippen LogP contribution in [0.5, 0.6) is 5.75 Å². The number of methoxy groups -OCH3 is 1. The third-order valence-electron chi connectivity index (χ3n) is 2.32.